The molecule has 0 amide bonds. The molecule has 7 nitrogen and oxygen atoms in total. The Morgan fingerprint density at radius 1 is 1.23 bits per heavy atom. The lowest BCUT2D eigenvalue weighted by Gasteiger charge is -2.21. The SMILES string of the molecule is C=CCn1c(CS(=O)(=O)c2ccc(C)cc2)nnc1SCC(=O)OC1CCCCC1. The molecule has 1 aromatic carbocycles. The van der Waals surface area contributed by atoms with Crippen molar-refractivity contribution < 1.29 is 17.9 Å². The molecule has 0 N–H and O–H groups in total. The molecule has 0 aliphatic heterocycles. The minimum Gasteiger partial charge on any atom is -0.462 e. The smallest absolute Gasteiger partial charge is 0.316 e. The van der Waals surface area contributed by atoms with Crippen LogP contribution in [-0.2, 0) is 31.7 Å². The second-order valence-electron chi connectivity index (χ2n) is 7.41. The van der Waals surface area contributed by atoms with E-state index in [1.54, 1.807) is 34.9 Å². The molecule has 3 rings (SSSR count). The number of allylic oxidation sites excluding steroid dienone is 1. The first kappa shape index (κ1) is 22.6. The van der Waals surface area contributed by atoms with Gasteiger partial charge in [-0.3, -0.25) is 4.79 Å². The van der Waals surface area contributed by atoms with Crippen LogP contribution in [0.5, 0.6) is 0 Å². The molecule has 1 fully saturated rings. The summed E-state index contributed by atoms with van der Waals surface area (Å²) in [5.41, 5.74) is 0.988. The number of carbonyl (C=O) groups excluding carboxylic acids is 1. The van der Waals surface area contributed by atoms with E-state index in [0.717, 1.165) is 31.2 Å². The number of esters is 1. The average molecular weight is 450 g/mol. The number of rotatable bonds is 9. The zero-order valence-corrected chi connectivity index (χ0v) is 18.8. The van der Waals surface area contributed by atoms with Crippen molar-refractivity contribution in [3.63, 3.8) is 0 Å². The number of thioether (sulfide) groups is 1. The molecule has 0 saturated heterocycles. The van der Waals surface area contributed by atoms with E-state index in [1.807, 2.05) is 6.92 Å². The maximum atomic E-state index is 12.8. The van der Waals surface area contributed by atoms with Gasteiger partial charge in [0.25, 0.3) is 0 Å². The predicted molar refractivity (Wildman–Crippen MR) is 116 cm³/mol. The van der Waals surface area contributed by atoms with Crippen molar-refractivity contribution in [2.75, 3.05) is 5.75 Å². The van der Waals surface area contributed by atoms with E-state index in [1.165, 1.54) is 18.2 Å². The van der Waals surface area contributed by atoms with E-state index in [0.29, 0.717) is 17.5 Å². The molecule has 1 aliphatic rings. The average Bonchev–Trinajstić information content (AvgIpc) is 3.08. The van der Waals surface area contributed by atoms with Crippen LogP contribution in [0.1, 0.15) is 43.5 Å². The summed E-state index contributed by atoms with van der Waals surface area (Å²) in [6.45, 7) is 5.98. The first-order chi connectivity index (χ1) is 14.4. The number of aromatic nitrogens is 3. The quantitative estimate of drug-likeness (QED) is 0.327. The lowest BCUT2D eigenvalue weighted by atomic mass is 9.98. The molecule has 162 valence electrons. The van der Waals surface area contributed by atoms with Crippen LogP contribution in [0, 0.1) is 6.92 Å². The molecule has 1 aliphatic carbocycles. The summed E-state index contributed by atoms with van der Waals surface area (Å²) >= 11 is 1.20. The number of ether oxygens (including phenoxy) is 1. The Kier molecular flexibility index (Phi) is 7.71. The summed E-state index contributed by atoms with van der Waals surface area (Å²) in [4.78, 5) is 12.4. The van der Waals surface area contributed by atoms with E-state index in [9.17, 15) is 13.2 Å². The predicted octanol–water partition coefficient (Wildman–Crippen LogP) is 3.71. The first-order valence-corrected chi connectivity index (χ1v) is 12.7. The molecule has 9 heteroatoms. The Morgan fingerprint density at radius 3 is 2.60 bits per heavy atom. The zero-order chi connectivity index (χ0) is 21.6. The largest absolute Gasteiger partial charge is 0.462 e. The highest BCUT2D eigenvalue weighted by molar-refractivity contribution is 7.99. The Bertz CT molecular complexity index is 978. The third kappa shape index (κ3) is 5.95. The number of hydrogen-bond donors (Lipinski definition) is 0. The Hall–Kier alpha value is -2.13. The summed E-state index contributed by atoms with van der Waals surface area (Å²) in [6.07, 6.45) is 6.88. The fourth-order valence-corrected chi connectivity index (χ4v) is 5.39. The van der Waals surface area contributed by atoms with E-state index in [2.05, 4.69) is 16.8 Å². The Balaban J connectivity index is 1.67. The number of carbonyl (C=O) groups is 1. The third-order valence-electron chi connectivity index (χ3n) is 4.97. The van der Waals surface area contributed by atoms with Gasteiger partial charge in [-0.2, -0.15) is 0 Å². The molecule has 1 heterocycles. The second kappa shape index (κ2) is 10.3. The lowest BCUT2D eigenvalue weighted by molar-refractivity contribution is -0.147. The van der Waals surface area contributed by atoms with Crippen LogP contribution < -0.4 is 0 Å². The second-order valence-corrected chi connectivity index (χ2v) is 10.3. The van der Waals surface area contributed by atoms with Gasteiger partial charge in [-0.25, -0.2) is 8.42 Å². The standard InChI is InChI=1S/C21H27N3O4S2/c1-3-13-24-19(15-30(26,27)18-11-9-16(2)10-12-18)22-23-21(24)29-14-20(25)28-17-7-5-4-6-8-17/h3,9-12,17H,1,4-8,13-15H2,2H3. The first-order valence-electron chi connectivity index (χ1n) is 10.0. The number of aryl methyl sites for hydroxylation is 1. The molecule has 0 radical (unpaired) electrons. The van der Waals surface area contributed by atoms with Crippen molar-refractivity contribution in [3.05, 3.63) is 48.3 Å². The van der Waals surface area contributed by atoms with Crippen LogP contribution in [0.4, 0.5) is 0 Å². The van der Waals surface area contributed by atoms with Crippen molar-refractivity contribution in [1.82, 2.24) is 14.8 Å². The van der Waals surface area contributed by atoms with Gasteiger partial charge in [0.05, 0.1) is 10.6 Å². The van der Waals surface area contributed by atoms with Crippen LogP contribution in [0.3, 0.4) is 0 Å². The molecular weight excluding hydrogens is 422 g/mol. The van der Waals surface area contributed by atoms with Gasteiger partial charge < -0.3 is 9.30 Å². The highest BCUT2D eigenvalue weighted by Gasteiger charge is 2.23. The van der Waals surface area contributed by atoms with Gasteiger partial charge in [-0.1, -0.05) is 42.0 Å². The lowest BCUT2D eigenvalue weighted by Crippen LogP contribution is -2.22. The minimum absolute atomic E-state index is 0.00751. The molecule has 0 bridgehead atoms. The number of benzene rings is 1. The van der Waals surface area contributed by atoms with Gasteiger partial charge in [0, 0.05) is 6.54 Å². The van der Waals surface area contributed by atoms with Gasteiger partial charge in [-0.05, 0) is 44.7 Å². The van der Waals surface area contributed by atoms with Crippen LogP contribution in [0.25, 0.3) is 0 Å². The monoisotopic (exact) mass is 449 g/mol. The normalized spacial score (nSPS) is 15.1. The van der Waals surface area contributed by atoms with Crippen molar-refractivity contribution in [3.8, 4) is 0 Å². The molecule has 2 aromatic rings. The van der Waals surface area contributed by atoms with Gasteiger partial charge in [0.1, 0.15) is 17.7 Å². The highest BCUT2D eigenvalue weighted by atomic mass is 32.2. The molecule has 0 atom stereocenters. The number of nitrogens with zero attached hydrogens (tertiary/aromatic N) is 3. The zero-order valence-electron chi connectivity index (χ0n) is 17.1. The molecule has 0 unspecified atom stereocenters. The van der Waals surface area contributed by atoms with Gasteiger partial charge in [-0.15, -0.1) is 16.8 Å². The Labute approximate surface area is 181 Å². The van der Waals surface area contributed by atoms with E-state index in [-0.39, 0.29) is 28.5 Å². The summed E-state index contributed by atoms with van der Waals surface area (Å²) in [7, 11) is -3.57. The molecule has 1 aromatic heterocycles. The van der Waals surface area contributed by atoms with E-state index < -0.39 is 9.84 Å². The molecule has 1 saturated carbocycles. The Morgan fingerprint density at radius 2 is 1.93 bits per heavy atom. The molecular formula is C21H27N3O4S2. The summed E-state index contributed by atoms with van der Waals surface area (Å²) in [5.74, 6) is -0.131. The topological polar surface area (TPSA) is 91.1 Å². The van der Waals surface area contributed by atoms with Crippen LogP contribution in [-0.4, -0.2) is 41.0 Å². The van der Waals surface area contributed by atoms with Crippen molar-refractivity contribution in [2.24, 2.45) is 0 Å². The fourth-order valence-electron chi connectivity index (χ4n) is 3.37. The maximum absolute atomic E-state index is 12.8. The minimum atomic E-state index is -3.57. The van der Waals surface area contributed by atoms with Crippen LogP contribution in [0.2, 0.25) is 0 Å². The fraction of sp³-hybridized carbons (Fsp3) is 0.476. The molecule has 0 spiro atoms. The summed E-state index contributed by atoms with van der Waals surface area (Å²) in [5, 5.41) is 8.65. The van der Waals surface area contributed by atoms with E-state index in [4.69, 9.17) is 4.74 Å². The van der Waals surface area contributed by atoms with Gasteiger partial charge in [0.2, 0.25) is 0 Å². The van der Waals surface area contributed by atoms with Crippen molar-refractivity contribution in [1.29, 1.82) is 0 Å². The van der Waals surface area contributed by atoms with Crippen molar-refractivity contribution in [2.45, 2.75) is 67.5 Å². The number of sulfone groups is 1. The molecule has 30 heavy (non-hydrogen) atoms. The summed E-state index contributed by atoms with van der Waals surface area (Å²) < 4.78 is 32.8. The van der Waals surface area contributed by atoms with Gasteiger partial charge in [0.15, 0.2) is 15.0 Å². The van der Waals surface area contributed by atoms with Crippen molar-refractivity contribution >= 4 is 27.6 Å². The number of hydrogen-bond acceptors (Lipinski definition) is 7. The van der Waals surface area contributed by atoms with Crippen LogP contribution >= 0.6 is 11.8 Å². The van der Waals surface area contributed by atoms with Gasteiger partial charge >= 0.3 is 5.97 Å². The summed E-state index contributed by atoms with van der Waals surface area (Å²) in [6, 6.07) is 6.72. The third-order valence-corrected chi connectivity index (χ3v) is 7.54. The van der Waals surface area contributed by atoms with Crippen LogP contribution in [0.15, 0.2) is 47.0 Å². The van der Waals surface area contributed by atoms with E-state index >= 15 is 0 Å². The maximum Gasteiger partial charge on any atom is 0.316 e. The highest BCUT2D eigenvalue weighted by Crippen LogP contribution is 2.24.